The quantitative estimate of drug-likeness (QED) is 0.448. The average molecular weight is 440 g/mol. The van der Waals surface area contributed by atoms with Crippen molar-refractivity contribution in [1.29, 1.82) is 0 Å². The first kappa shape index (κ1) is 22.9. The van der Waals surface area contributed by atoms with E-state index in [-0.39, 0.29) is 12.6 Å². The second kappa shape index (κ2) is 11.6. The van der Waals surface area contributed by atoms with Crippen LogP contribution < -0.4 is 11.1 Å². The van der Waals surface area contributed by atoms with Gasteiger partial charge in [-0.3, -0.25) is 0 Å². The Morgan fingerprint density at radius 3 is 2.29 bits per heavy atom. The van der Waals surface area contributed by atoms with Crippen molar-refractivity contribution in [3.05, 3.63) is 87.9 Å². The first-order valence-electron chi connectivity index (χ1n) is 10.4. The molecule has 0 bridgehead atoms. The summed E-state index contributed by atoms with van der Waals surface area (Å²) in [5, 5.41) is 14.6. The molecule has 6 nitrogen and oxygen atoms in total. The van der Waals surface area contributed by atoms with Crippen molar-refractivity contribution in [3.8, 4) is 0 Å². The predicted octanol–water partition coefficient (Wildman–Crippen LogP) is 3.61. The van der Waals surface area contributed by atoms with E-state index >= 15 is 0 Å². The second-order valence-corrected chi connectivity index (χ2v) is 8.93. The topological polar surface area (TPSA) is 97.5 Å². The molecule has 1 heterocycles. The number of aliphatic hydroxyl groups is 1. The summed E-state index contributed by atoms with van der Waals surface area (Å²) in [5.74, 6) is 0. The van der Waals surface area contributed by atoms with Crippen molar-refractivity contribution < 1.29 is 14.6 Å². The Balaban J connectivity index is 1.58. The molecule has 0 saturated heterocycles. The van der Waals surface area contributed by atoms with Crippen LogP contribution in [0.3, 0.4) is 0 Å². The van der Waals surface area contributed by atoms with Crippen LogP contribution in [0.15, 0.2) is 66.9 Å². The smallest absolute Gasteiger partial charge is 0.407 e. The number of aromatic nitrogens is 1. The number of rotatable bonds is 10. The van der Waals surface area contributed by atoms with Crippen LogP contribution in [0.25, 0.3) is 0 Å². The van der Waals surface area contributed by atoms with Gasteiger partial charge in [0, 0.05) is 18.3 Å². The highest BCUT2D eigenvalue weighted by atomic mass is 32.1. The number of hydrogen-bond donors (Lipinski definition) is 3. The molecule has 0 spiro atoms. The summed E-state index contributed by atoms with van der Waals surface area (Å²) in [6.07, 6.45) is 1.90. The lowest BCUT2D eigenvalue weighted by molar-refractivity contribution is 0.110. The predicted molar refractivity (Wildman–Crippen MR) is 123 cm³/mol. The lowest BCUT2D eigenvalue weighted by Gasteiger charge is -2.25. The molecular weight excluding hydrogens is 410 g/mol. The number of aryl methyl sites for hydroxylation is 1. The third kappa shape index (κ3) is 7.79. The molecule has 0 aliphatic heterocycles. The van der Waals surface area contributed by atoms with E-state index in [1.54, 1.807) is 6.20 Å². The lowest BCUT2D eigenvalue weighted by atomic mass is 9.94. The summed E-state index contributed by atoms with van der Waals surface area (Å²) >= 11 is 1.49. The molecule has 0 fully saturated rings. The molecular formula is C24H29N3O3S. The molecule has 0 aliphatic carbocycles. The highest BCUT2D eigenvalue weighted by molar-refractivity contribution is 7.11. The number of benzene rings is 2. The van der Waals surface area contributed by atoms with Gasteiger partial charge in [0.05, 0.1) is 16.0 Å². The maximum absolute atomic E-state index is 12.4. The molecule has 0 radical (unpaired) electrons. The van der Waals surface area contributed by atoms with Gasteiger partial charge in [-0.05, 0) is 37.3 Å². The van der Waals surface area contributed by atoms with E-state index in [4.69, 9.17) is 10.5 Å². The maximum Gasteiger partial charge on any atom is 0.407 e. The van der Waals surface area contributed by atoms with Gasteiger partial charge in [-0.1, -0.05) is 60.7 Å². The van der Waals surface area contributed by atoms with Gasteiger partial charge in [0.25, 0.3) is 0 Å². The van der Waals surface area contributed by atoms with Crippen LogP contribution in [-0.4, -0.2) is 34.4 Å². The summed E-state index contributed by atoms with van der Waals surface area (Å²) in [5.41, 5.74) is 8.39. The van der Waals surface area contributed by atoms with Crippen molar-refractivity contribution >= 4 is 17.4 Å². The van der Waals surface area contributed by atoms with Gasteiger partial charge in [-0.15, -0.1) is 11.3 Å². The van der Waals surface area contributed by atoms with Crippen molar-refractivity contribution in [1.82, 2.24) is 10.3 Å². The Morgan fingerprint density at radius 2 is 1.71 bits per heavy atom. The van der Waals surface area contributed by atoms with Gasteiger partial charge >= 0.3 is 6.09 Å². The first-order chi connectivity index (χ1) is 15.0. The molecule has 3 atom stereocenters. The number of carbonyl (C=O) groups excluding carboxylic acids is 1. The van der Waals surface area contributed by atoms with Gasteiger partial charge < -0.3 is 20.9 Å². The Bertz CT molecular complexity index is 934. The number of aliphatic hydroxyl groups excluding tert-OH is 1. The molecule has 4 N–H and O–H groups in total. The third-order valence-electron chi connectivity index (χ3n) is 5.00. The highest BCUT2D eigenvalue weighted by Gasteiger charge is 2.23. The van der Waals surface area contributed by atoms with Crippen LogP contribution >= 0.6 is 11.3 Å². The zero-order valence-electron chi connectivity index (χ0n) is 17.6. The van der Waals surface area contributed by atoms with E-state index in [9.17, 15) is 9.90 Å². The van der Waals surface area contributed by atoms with Crippen LogP contribution in [-0.2, 0) is 24.2 Å². The Labute approximate surface area is 187 Å². The van der Waals surface area contributed by atoms with Crippen LogP contribution in [0.5, 0.6) is 0 Å². The van der Waals surface area contributed by atoms with E-state index < -0.39 is 18.2 Å². The van der Waals surface area contributed by atoms with E-state index in [0.717, 1.165) is 21.0 Å². The molecule has 3 aromatic rings. The number of nitrogens with two attached hydrogens (primary N) is 1. The minimum Gasteiger partial charge on any atom is -0.444 e. The summed E-state index contributed by atoms with van der Waals surface area (Å²) < 4.78 is 5.35. The van der Waals surface area contributed by atoms with E-state index in [1.165, 1.54) is 11.3 Å². The van der Waals surface area contributed by atoms with Crippen LogP contribution in [0, 0.1) is 6.92 Å². The number of ether oxygens (including phenoxy) is 1. The number of alkyl carbamates (subject to hydrolysis) is 1. The fourth-order valence-electron chi connectivity index (χ4n) is 3.40. The number of hydrogen-bond acceptors (Lipinski definition) is 6. The van der Waals surface area contributed by atoms with Crippen LogP contribution in [0.2, 0.25) is 0 Å². The van der Waals surface area contributed by atoms with Crippen molar-refractivity contribution in [2.45, 2.75) is 51.0 Å². The third-order valence-corrected chi connectivity index (χ3v) is 5.88. The van der Waals surface area contributed by atoms with E-state index in [0.29, 0.717) is 19.3 Å². The summed E-state index contributed by atoms with van der Waals surface area (Å²) in [6, 6.07) is 18.9. The van der Waals surface area contributed by atoms with Crippen LogP contribution in [0.4, 0.5) is 4.79 Å². The molecule has 0 saturated carbocycles. The average Bonchev–Trinajstić information content (AvgIpc) is 3.19. The molecule has 3 rings (SSSR count). The van der Waals surface area contributed by atoms with Gasteiger partial charge in [-0.25, -0.2) is 9.78 Å². The zero-order valence-corrected chi connectivity index (χ0v) is 18.4. The maximum atomic E-state index is 12.4. The largest absolute Gasteiger partial charge is 0.444 e. The molecule has 0 unspecified atom stereocenters. The molecule has 164 valence electrons. The van der Waals surface area contributed by atoms with Gasteiger partial charge in [-0.2, -0.15) is 0 Å². The summed E-state index contributed by atoms with van der Waals surface area (Å²) in [7, 11) is 0. The molecule has 31 heavy (non-hydrogen) atoms. The fourth-order valence-corrected chi connectivity index (χ4v) is 4.11. The summed E-state index contributed by atoms with van der Waals surface area (Å²) in [6.45, 7) is 2.08. The Kier molecular flexibility index (Phi) is 8.58. The SMILES string of the molecule is Cc1ncc(COC(=O)N[C@@H](Cc2ccccc2)C[C@H](O)[C@@H](N)Cc2ccccc2)s1. The van der Waals surface area contributed by atoms with Gasteiger partial charge in [0.15, 0.2) is 0 Å². The second-order valence-electron chi connectivity index (χ2n) is 7.61. The van der Waals surface area contributed by atoms with Gasteiger partial charge in [0.2, 0.25) is 0 Å². The molecule has 0 aliphatic rings. The lowest BCUT2D eigenvalue weighted by Crippen LogP contribution is -2.44. The fraction of sp³-hybridized carbons (Fsp3) is 0.333. The number of nitrogens with zero attached hydrogens (tertiary/aromatic N) is 1. The highest BCUT2D eigenvalue weighted by Crippen LogP contribution is 2.14. The summed E-state index contributed by atoms with van der Waals surface area (Å²) in [4.78, 5) is 17.5. The van der Waals surface area contributed by atoms with Crippen molar-refractivity contribution in [2.24, 2.45) is 5.73 Å². The van der Waals surface area contributed by atoms with Gasteiger partial charge in [0.1, 0.15) is 6.61 Å². The molecule has 1 aromatic heterocycles. The number of amides is 1. The van der Waals surface area contributed by atoms with Crippen molar-refractivity contribution in [2.75, 3.05) is 0 Å². The number of nitrogens with one attached hydrogen (secondary N) is 1. The Morgan fingerprint density at radius 1 is 1.10 bits per heavy atom. The standard InChI is InChI=1S/C24H29N3O3S/c1-17-26-15-21(31-17)16-30-24(29)27-20(12-18-8-4-2-5-9-18)14-23(28)22(25)13-19-10-6-3-7-11-19/h2-11,15,20,22-23,28H,12-14,16,25H2,1H3,(H,27,29)/t20-,22-,23-/m0/s1. The monoisotopic (exact) mass is 439 g/mol. The van der Waals surface area contributed by atoms with Crippen molar-refractivity contribution in [3.63, 3.8) is 0 Å². The molecule has 1 amide bonds. The van der Waals surface area contributed by atoms with Crippen LogP contribution in [0.1, 0.15) is 27.4 Å². The number of carbonyl (C=O) groups is 1. The molecule has 2 aromatic carbocycles. The first-order valence-corrected chi connectivity index (χ1v) is 11.2. The molecule has 7 heteroatoms. The van der Waals surface area contributed by atoms with E-state index in [1.807, 2.05) is 67.6 Å². The van der Waals surface area contributed by atoms with E-state index in [2.05, 4.69) is 10.3 Å². The Hall–Kier alpha value is -2.74. The zero-order chi connectivity index (χ0) is 22.1. The normalized spacial score (nSPS) is 13.9. The minimum absolute atomic E-state index is 0.172. The minimum atomic E-state index is -0.765. The number of thiazole rings is 1.